The Morgan fingerprint density at radius 2 is 2.29 bits per heavy atom. The molecule has 1 saturated heterocycles. The van der Waals surface area contributed by atoms with E-state index in [9.17, 15) is 5.11 Å². The van der Waals surface area contributed by atoms with Crippen molar-refractivity contribution in [1.82, 2.24) is 24.4 Å². The standard InChI is InChI=1S/C10H14N6O/c11-9-8-10(13-4-12-9)16(5-14-8)6-15-2-1-7(17)3-15/h4-5,7,17H,1-3,6H2,(H2,11,12,13). The molecule has 1 aliphatic heterocycles. The molecule has 2 aromatic rings. The van der Waals surface area contributed by atoms with Gasteiger partial charge in [-0.3, -0.25) is 4.90 Å². The average molecular weight is 234 g/mol. The minimum Gasteiger partial charge on any atom is -0.392 e. The fourth-order valence-electron chi connectivity index (χ4n) is 2.16. The monoisotopic (exact) mass is 234 g/mol. The Balaban J connectivity index is 1.88. The summed E-state index contributed by atoms with van der Waals surface area (Å²) in [6.45, 7) is 2.26. The molecular formula is C10H14N6O. The number of aliphatic hydroxyl groups excluding tert-OH is 1. The molecule has 0 aliphatic carbocycles. The number of aliphatic hydroxyl groups is 1. The summed E-state index contributed by atoms with van der Waals surface area (Å²) in [6, 6.07) is 0. The number of nitrogens with zero attached hydrogens (tertiary/aromatic N) is 5. The highest BCUT2D eigenvalue weighted by atomic mass is 16.3. The van der Waals surface area contributed by atoms with E-state index >= 15 is 0 Å². The lowest BCUT2D eigenvalue weighted by Gasteiger charge is -2.15. The van der Waals surface area contributed by atoms with Crippen LogP contribution in [0.5, 0.6) is 0 Å². The maximum absolute atomic E-state index is 9.47. The number of rotatable bonds is 2. The number of imidazole rings is 1. The van der Waals surface area contributed by atoms with Crippen LogP contribution in [0.1, 0.15) is 6.42 Å². The molecule has 7 nitrogen and oxygen atoms in total. The lowest BCUT2D eigenvalue weighted by Crippen LogP contribution is -2.24. The van der Waals surface area contributed by atoms with Crippen LogP contribution >= 0.6 is 0 Å². The number of hydrogen-bond acceptors (Lipinski definition) is 6. The van der Waals surface area contributed by atoms with Crippen molar-refractivity contribution >= 4 is 17.0 Å². The van der Waals surface area contributed by atoms with Crippen LogP contribution in [0.3, 0.4) is 0 Å². The van der Waals surface area contributed by atoms with Crippen LogP contribution in [-0.4, -0.2) is 48.7 Å². The smallest absolute Gasteiger partial charge is 0.166 e. The van der Waals surface area contributed by atoms with Gasteiger partial charge in [-0.2, -0.15) is 0 Å². The quantitative estimate of drug-likeness (QED) is 0.723. The summed E-state index contributed by atoms with van der Waals surface area (Å²) < 4.78 is 1.92. The topological polar surface area (TPSA) is 93.1 Å². The van der Waals surface area contributed by atoms with E-state index in [4.69, 9.17) is 5.73 Å². The third-order valence-corrected chi connectivity index (χ3v) is 3.03. The molecule has 0 bridgehead atoms. The van der Waals surface area contributed by atoms with Crippen molar-refractivity contribution in [2.45, 2.75) is 19.2 Å². The molecule has 3 rings (SSSR count). The molecule has 0 spiro atoms. The van der Waals surface area contributed by atoms with Crippen molar-refractivity contribution in [2.75, 3.05) is 18.8 Å². The van der Waals surface area contributed by atoms with Crippen molar-refractivity contribution in [3.8, 4) is 0 Å². The lowest BCUT2D eigenvalue weighted by molar-refractivity contribution is 0.166. The largest absolute Gasteiger partial charge is 0.392 e. The van der Waals surface area contributed by atoms with E-state index in [0.717, 1.165) is 18.6 Å². The van der Waals surface area contributed by atoms with E-state index < -0.39 is 0 Å². The number of nitrogens with two attached hydrogens (primary N) is 1. The van der Waals surface area contributed by atoms with Gasteiger partial charge in [0.2, 0.25) is 0 Å². The number of nitrogen functional groups attached to an aromatic ring is 1. The third kappa shape index (κ3) is 1.83. The van der Waals surface area contributed by atoms with Gasteiger partial charge >= 0.3 is 0 Å². The molecular weight excluding hydrogens is 220 g/mol. The highest BCUT2D eigenvalue weighted by Gasteiger charge is 2.21. The van der Waals surface area contributed by atoms with Crippen molar-refractivity contribution in [1.29, 1.82) is 0 Å². The molecule has 0 amide bonds. The van der Waals surface area contributed by atoms with Gasteiger partial charge in [-0.15, -0.1) is 0 Å². The zero-order valence-electron chi connectivity index (χ0n) is 9.32. The van der Waals surface area contributed by atoms with Crippen molar-refractivity contribution in [3.05, 3.63) is 12.7 Å². The first-order valence-electron chi connectivity index (χ1n) is 5.56. The Morgan fingerprint density at radius 3 is 3.06 bits per heavy atom. The third-order valence-electron chi connectivity index (χ3n) is 3.03. The zero-order valence-corrected chi connectivity index (χ0v) is 9.32. The Bertz CT molecular complexity index is 539. The van der Waals surface area contributed by atoms with Gasteiger partial charge in [0.05, 0.1) is 19.1 Å². The molecule has 90 valence electrons. The van der Waals surface area contributed by atoms with Gasteiger partial charge in [0.15, 0.2) is 11.5 Å². The van der Waals surface area contributed by atoms with Crippen LogP contribution in [0.2, 0.25) is 0 Å². The van der Waals surface area contributed by atoms with Crippen molar-refractivity contribution in [2.24, 2.45) is 0 Å². The van der Waals surface area contributed by atoms with Crippen LogP contribution in [0.15, 0.2) is 12.7 Å². The Kier molecular flexibility index (Phi) is 2.41. The fourth-order valence-corrected chi connectivity index (χ4v) is 2.16. The van der Waals surface area contributed by atoms with E-state index in [-0.39, 0.29) is 6.10 Å². The summed E-state index contributed by atoms with van der Waals surface area (Å²) in [5.74, 6) is 0.398. The van der Waals surface area contributed by atoms with Crippen LogP contribution < -0.4 is 5.73 Å². The van der Waals surface area contributed by atoms with Crippen LogP contribution in [-0.2, 0) is 6.67 Å². The van der Waals surface area contributed by atoms with Gasteiger partial charge in [0, 0.05) is 13.1 Å². The molecule has 0 saturated carbocycles. The minimum absolute atomic E-state index is 0.218. The van der Waals surface area contributed by atoms with Crippen molar-refractivity contribution in [3.63, 3.8) is 0 Å². The van der Waals surface area contributed by atoms with E-state index in [1.54, 1.807) is 6.33 Å². The number of β-amino-alcohol motifs (C(OH)–C–C–N with tert-alkyl or cyclic N) is 1. The molecule has 7 heteroatoms. The summed E-state index contributed by atoms with van der Waals surface area (Å²) in [7, 11) is 0. The summed E-state index contributed by atoms with van der Waals surface area (Å²) in [5, 5.41) is 9.47. The number of fused-ring (bicyclic) bond motifs is 1. The predicted molar refractivity (Wildman–Crippen MR) is 61.9 cm³/mol. The molecule has 0 aromatic carbocycles. The Labute approximate surface area is 97.9 Å². The van der Waals surface area contributed by atoms with Crippen LogP contribution in [0.25, 0.3) is 11.2 Å². The molecule has 1 aliphatic rings. The highest BCUT2D eigenvalue weighted by Crippen LogP contribution is 2.16. The molecule has 17 heavy (non-hydrogen) atoms. The molecule has 1 unspecified atom stereocenters. The lowest BCUT2D eigenvalue weighted by atomic mass is 10.3. The van der Waals surface area contributed by atoms with E-state index in [1.165, 1.54) is 6.33 Å². The maximum Gasteiger partial charge on any atom is 0.166 e. The maximum atomic E-state index is 9.47. The first kappa shape index (κ1) is 10.4. The van der Waals surface area contributed by atoms with Gasteiger partial charge in [-0.1, -0.05) is 0 Å². The Hall–Kier alpha value is -1.73. The molecule has 2 aromatic heterocycles. The van der Waals surface area contributed by atoms with E-state index in [2.05, 4.69) is 19.9 Å². The second-order valence-corrected chi connectivity index (χ2v) is 4.31. The number of aromatic nitrogens is 4. The number of hydrogen-bond donors (Lipinski definition) is 2. The van der Waals surface area contributed by atoms with Crippen LogP contribution in [0.4, 0.5) is 5.82 Å². The first-order valence-corrected chi connectivity index (χ1v) is 5.56. The first-order chi connectivity index (χ1) is 8.24. The van der Waals surface area contributed by atoms with E-state index in [1.807, 2.05) is 4.57 Å². The summed E-state index contributed by atoms with van der Waals surface area (Å²) in [5.41, 5.74) is 7.09. The van der Waals surface area contributed by atoms with E-state index in [0.29, 0.717) is 24.5 Å². The summed E-state index contributed by atoms with van der Waals surface area (Å²) in [4.78, 5) is 14.4. The average Bonchev–Trinajstić information content (AvgIpc) is 2.88. The van der Waals surface area contributed by atoms with Gasteiger partial charge in [-0.25, -0.2) is 15.0 Å². The highest BCUT2D eigenvalue weighted by molar-refractivity contribution is 5.80. The number of likely N-dealkylation sites (tertiary alicyclic amines) is 1. The fraction of sp³-hybridized carbons (Fsp3) is 0.500. The van der Waals surface area contributed by atoms with Gasteiger partial charge in [0.25, 0.3) is 0 Å². The second kappa shape index (κ2) is 3.94. The molecule has 3 heterocycles. The SMILES string of the molecule is Nc1ncnc2c1ncn2CN1CCC(O)C1. The minimum atomic E-state index is -0.218. The number of anilines is 1. The van der Waals surface area contributed by atoms with Gasteiger partial charge < -0.3 is 15.4 Å². The predicted octanol–water partition coefficient (Wildman–Crippen LogP) is -0.567. The molecule has 1 atom stereocenters. The molecule has 1 fully saturated rings. The summed E-state index contributed by atoms with van der Waals surface area (Å²) >= 11 is 0. The normalized spacial score (nSPS) is 21.4. The van der Waals surface area contributed by atoms with Gasteiger partial charge in [-0.05, 0) is 6.42 Å². The second-order valence-electron chi connectivity index (χ2n) is 4.31. The zero-order chi connectivity index (χ0) is 11.8. The molecule has 0 radical (unpaired) electrons. The summed E-state index contributed by atoms with van der Waals surface area (Å²) in [6.07, 6.45) is 3.75. The van der Waals surface area contributed by atoms with Crippen LogP contribution in [0, 0.1) is 0 Å². The van der Waals surface area contributed by atoms with Crippen molar-refractivity contribution < 1.29 is 5.11 Å². The Morgan fingerprint density at radius 1 is 1.41 bits per heavy atom. The van der Waals surface area contributed by atoms with Gasteiger partial charge in [0.1, 0.15) is 11.8 Å². The molecule has 3 N–H and O–H groups in total.